The van der Waals surface area contributed by atoms with Crippen LogP contribution in [0.2, 0.25) is 0 Å². The van der Waals surface area contributed by atoms with Gasteiger partial charge in [-0.1, -0.05) is 17.3 Å². The van der Waals surface area contributed by atoms with E-state index in [1.54, 1.807) is 6.92 Å². The van der Waals surface area contributed by atoms with Gasteiger partial charge in [-0.2, -0.15) is 4.98 Å². The van der Waals surface area contributed by atoms with Crippen LogP contribution in [0.4, 0.5) is 0 Å². The van der Waals surface area contributed by atoms with Crippen molar-refractivity contribution in [3.05, 3.63) is 35.7 Å². The highest BCUT2D eigenvalue weighted by Gasteiger charge is 2.42. The van der Waals surface area contributed by atoms with Gasteiger partial charge in [0.2, 0.25) is 0 Å². The van der Waals surface area contributed by atoms with Gasteiger partial charge in [-0.05, 0) is 43.7 Å². The normalized spacial score (nSPS) is 25.4. The summed E-state index contributed by atoms with van der Waals surface area (Å²) in [6.07, 6.45) is 2.20. The van der Waals surface area contributed by atoms with Gasteiger partial charge in [-0.25, -0.2) is 0 Å². The maximum atomic E-state index is 13.0. The van der Waals surface area contributed by atoms with E-state index in [9.17, 15) is 4.79 Å². The molecule has 1 saturated carbocycles. The number of hydrogen-bond acceptors (Lipinski definition) is 5. The fourth-order valence-electron chi connectivity index (χ4n) is 3.91. The summed E-state index contributed by atoms with van der Waals surface area (Å²) in [5.74, 6) is 1.97. The number of rotatable bonds is 2. The van der Waals surface area contributed by atoms with Crippen molar-refractivity contribution in [3.8, 4) is 11.5 Å². The molecule has 128 valence electrons. The summed E-state index contributed by atoms with van der Waals surface area (Å²) in [5, 5.41) is 3.82. The van der Waals surface area contributed by atoms with Crippen molar-refractivity contribution in [2.24, 2.45) is 17.6 Å². The lowest BCUT2D eigenvalue weighted by molar-refractivity contribution is 0.0780. The fourth-order valence-corrected chi connectivity index (χ4v) is 3.91. The minimum Gasteiger partial charge on any atom is -0.338 e. The van der Waals surface area contributed by atoms with E-state index in [0.717, 1.165) is 25.9 Å². The Morgan fingerprint density at radius 1 is 1.29 bits per heavy atom. The summed E-state index contributed by atoms with van der Waals surface area (Å²) < 4.78 is 5.24. The lowest BCUT2D eigenvalue weighted by atomic mass is 9.98. The number of hydrogen-bond donors (Lipinski definition) is 1. The van der Waals surface area contributed by atoms with Gasteiger partial charge in [-0.15, -0.1) is 12.4 Å². The molecule has 1 aliphatic carbocycles. The predicted molar refractivity (Wildman–Crippen MR) is 91.8 cm³/mol. The number of aromatic nitrogens is 2. The van der Waals surface area contributed by atoms with Gasteiger partial charge in [0.1, 0.15) is 0 Å². The Kier molecular flexibility index (Phi) is 4.60. The van der Waals surface area contributed by atoms with Gasteiger partial charge >= 0.3 is 0 Å². The van der Waals surface area contributed by atoms with Crippen molar-refractivity contribution in [1.82, 2.24) is 15.0 Å². The van der Waals surface area contributed by atoms with Crippen molar-refractivity contribution in [3.63, 3.8) is 0 Å². The monoisotopic (exact) mass is 348 g/mol. The van der Waals surface area contributed by atoms with E-state index in [4.69, 9.17) is 10.3 Å². The van der Waals surface area contributed by atoms with Crippen LogP contribution < -0.4 is 5.73 Å². The number of fused-ring (bicyclic) bond motifs is 1. The predicted octanol–water partition coefficient (Wildman–Crippen LogP) is 2.28. The molecule has 2 fully saturated rings. The number of halogens is 1. The summed E-state index contributed by atoms with van der Waals surface area (Å²) in [6, 6.07) is 7.64. The van der Waals surface area contributed by atoms with Crippen LogP contribution in [0.3, 0.4) is 0 Å². The molecule has 1 aromatic heterocycles. The molecule has 1 aromatic carbocycles. The number of aryl methyl sites for hydroxylation is 1. The first-order valence-corrected chi connectivity index (χ1v) is 8.08. The smallest absolute Gasteiger partial charge is 0.258 e. The maximum absolute atomic E-state index is 13.0. The molecule has 2 aromatic rings. The molecule has 2 aliphatic rings. The van der Waals surface area contributed by atoms with E-state index < -0.39 is 0 Å². The summed E-state index contributed by atoms with van der Waals surface area (Å²) in [7, 11) is 0. The van der Waals surface area contributed by atoms with Gasteiger partial charge in [0.15, 0.2) is 5.82 Å². The zero-order valence-electron chi connectivity index (χ0n) is 13.5. The molecule has 24 heavy (non-hydrogen) atoms. The largest absolute Gasteiger partial charge is 0.338 e. The average Bonchev–Trinajstić information content (AvgIpc) is 3.25. The number of amides is 1. The van der Waals surface area contributed by atoms with Crippen molar-refractivity contribution in [2.75, 3.05) is 13.1 Å². The molecule has 0 spiro atoms. The molecular formula is C17H21ClN4O2. The van der Waals surface area contributed by atoms with Gasteiger partial charge in [-0.3, -0.25) is 4.79 Å². The third-order valence-electron chi connectivity index (χ3n) is 5.12. The van der Waals surface area contributed by atoms with E-state index in [1.807, 2.05) is 29.2 Å². The Balaban J connectivity index is 0.00000169. The Bertz CT molecular complexity index is 748. The third-order valence-corrected chi connectivity index (χ3v) is 5.12. The molecule has 1 saturated heterocycles. The van der Waals surface area contributed by atoms with Crippen LogP contribution in [0.5, 0.6) is 0 Å². The van der Waals surface area contributed by atoms with Crippen molar-refractivity contribution in [1.29, 1.82) is 0 Å². The first-order chi connectivity index (χ1) is 11.1. The maximum Gasteiger partial charge on any atom is 0.258 e. The molecule has 1 aliphatic heterocycles. The van der Waals surface area contributed by atoms with E-state index in [0.29, 0.717) is 34.7 Å². The van der Waals surface area contributed by atoms with Crippen molar-refractivity contribution < 1.29 is 9.32 Å². The molecule has 0 radical (unpaired) electrons. The highest BCUT2D eigenvalue weighted by atomic mass is 35.5. The summed E-state index contributed by atoms with van der Waals surface area (Å²) >= 11 is 0. The standard InChI is InChI=1S/C17H20N4O2.ClH/c1-10-19-16(23-20-10)12-4-2-3-5-13(12)17(22)21-8-11-6-7-15(18)14(11)9-21;/h2-5,11,14-15H,6-9,18H2,1H3;1H. The van der Waals surface area contributed by atoms with Crippen LogP contribution in [0.25, 0.3) is 11.5 Å². The van der Waals surface area contributed by atoms with Gasteiger partial charge in [0.05, 0.1) is 11.1 Å². The number of nitrogens with two attached hydrogens (primary N) is 1. The highest BCUT2D eigenvalue weighted by molar-refractivity contribution is 6.00. The Labute approximate surface area is 146 Å². The van der Waals surface area contributed by atoms with E-state index in [-0.39, 0.29) is 24.4 Å². The van der Waals surface area contributed by atoms with Crippen LogP contribution in [-0.4, -0.2) is 40.1 Å². The summed E-state index contributed by atoms with van der Waals surface area (Å²) in [6.45, 7) is 3.32. The number of carbonyl (C=O) groups excluding carboxylic acids is 1. The molecule has 2 N–H and O–H groups in total. The van der Waals surface area contributed by atoms with Crippen LogP contribution >= 0.6 is 12.4 Å². The Hall–Kier alpha value is -1.92. The zero-order valence-corrected chi connectivity index (χ0v) is 14.3. The van der Waals surface area contributed by atoms with E-state index in [2.05, 4.69) is 10.1 Å². The molecular weight excluding hydrogens is 328 g/mol. The molecule has 3 atom stereocenters. The SMILES string of the molecule is Cc1noc(-c2ccccc2C(=O)N2CC3CCC(N)C3C2)n1.Cl. The van der Waals surface area contributed by atoms with Gasteiger partial charge < -0.3 is 15.2 Å². The number of nitrogens with zero attached hydrogens (tertiary/aromatic N) is 3. The van der Waals surface area contributed by atoms with Crippen LogP contribution in [0.1, 0.15) is 29.0 Å². The molecule has 1 amide bonds. The molecule has 3 unspecified atom stereocenters. The molecule has 0 bridgehead atoms. The molecule has 6 nitrogen and oxygen atoms in total. The fraction of sp³-hybridized carbons (Fsp3) is 0.471. The Morgan fingerprint density at radius 3 is 2.79 bits per heavy atom. The second-order valence-electron chi connectivity index (χ2n) is 6.57. The summed E-state index contributed by atoms with van der Waals surface area (Å²) in [4.78, 5) is 19.2. The number of carbonyl (C=O) groups is 1. The first-order valence-electron chi connectivity index (χ1n) is 8.08. The minimum absolute atomic E-state index is 0. The highest BCUT2D eigenvalue weighted by Crippen LogP contribution is 2.38. The number of benzene rings is 1. The first kappa shape index (κ1) is 16.9. The Morgan fingerprint density at radius 2 is 2.08 bits per heavy atom. The van der Waals surface area contributed by atoms with E-state index in [1.165, 1.54) is 0 Å². The lowest BCUT2D eigenvalue weighted by Crippen LogP contribution is -2.33. The minimum atomic E-state index is 0. The molecule has 2 heterocycles. The van der Waals surface area contributed by atoms with Crippen molar-refractivity contribution >= 4 is 18.3 Å². The van der Waals surface area contributed by atoms with Gasteiger partial charge in [0.25, 0.3) is 11.8 Å². The molecule has 4 rings (SSSR count). The average molecular weight is 349 g/mol. The molecule has 7 heteroatoms. The lowest BCUT2D eigenvalue weighted by Gasteiger charge is -2.19. The zero-order chi connectivity index (χ0) is 16.0. The second-order valence-corrected chi connectivity index (χ2v) is 6.57. The summed E-state index contributed by atoms with van der Waals surface area (Å²) in [5.41, 5.74) is 7.48. The van der Waals surface area contributed by atoms with Crippen LogP contribution in [-0.2, 0) is 0 Å². The second kappa shape index (κ2) is 6.53. The van der Waals surface area contributed by atoms with Crippen molar-refractivity contribution in [2.45, 2.75) is 25.8 Å². The van der Waals surface area contributed by atoms with Crippen LogP contribution in [0, 0.1) is 18.8 Å². The number of likely N-dealkylation sites (tertiary alicyclic amines) is 1. The quantitative estimate of drug-likeness (QED) is 0.899. The third kappa shape index (κ3) is 2.80. The van der Waals surface area contributed by atoms with Crippen LogP contribution in [0.15, 0.2) is 28.8 Å². The van der Waals surface area contributed by atoms with E-state index >= 15 is 0 Å². The topological polar surface area (TPSA) is 85.2 Å². The van der Waals surface area contributed by atoms with Gasteiger partial charge in [0, 0.05) is 19.1 Å².